The summed E-state index contributed by atoms with van der Waals surface area (Å²) >= 11 is 0. The zero-order valence-electron chi connectivity index (χ0n) is 8.65. The third kappa shape index (κ3) is 1.37. The second kappa shape index (κ2) is 3.38. The molecule has 1 unspecified atom stereocenters. The summed E-state index contributed by atoms with van der Waals surface area (Å²) in [4.78, 5) is 0. The molecular weight excluding hydrogens is 186 g/mol. The van der Waals surface area contributed by atoms with Crippen LogP contribution >= 0.6 is 0 Å². The smallest absolute Gasteiger partial charge is 0.0395 e. The summed E-state index contributed by atoms with van der Waals surface area (Å²) in [5.74, 6) is 0. The zero-order chi connectivity index (χ0) is 10.3. The molecule has 0 spiro atoms. The molecule has 1 aromatic carbocycles. The highest BCUT2D eigenvalue weighted by molar-refractivity contribution is 5.57. The summed E-state index contributed by atoms with van der Waals surface area (Å²) in [6.45, 7) is 0. The van der Waals surface area contributed by atoms with Crippen LogP contribution in [0.15, 0.2) is 24.3 Å². The van der Waals surface area contributed by atoms with E-state index in [1.54, 1.807) is 6.20 Å². The van der Waals surface area contributed by atoms with E-state index < -0.39 is 0 Å². The van der Waals surface area contributed by atoms with Gasteiger partial charge in [0.05, 0.1) is 0 Å². The SMILES string of the molecule is [O-]N1C=c2ccccc2=C2CCCCC21. The fourth-order valence-electron chi connectivity index (χ4n) is 2.72. The predicted molar refractivity (Wildman–Crippen MR) is 61.0 cm³/mol. The Hall–Kier alpha value is -1.28. The number of nitrogens with zero attached hydrogens (tertiary/aromatic N) is 1. The Labute approximate surface area is 89.1 Å². The summed E-state index contributed by atoms with van der Waals surface area (Å²) in [6.07, 6.45) is 6.27. The molecule has 0 saturated heterocycles. The molecule has 3 rings (SSSR count). The van der Waals surface area contributed by atoms with Crippen LogP contribution in [0.4, 0.5) is 0 Å². The lowest BCUT2D eigenvalue weighted by Crippen LogP contribution is -2.43. The van der Waals surface area contributed by atoms with Crippen molar-refractivity contribution in [2.24, 2.45) is 0 Å². The molecule has 0 aromatic heterocycles. The van der Waals surface area contributed by atoms with Gasteiger partial charge in [0.1, 0.15) is 0 Å². The molecule has 1 fully saturated rings. The molecule has 1 heterocycles. The molecule has 15 heavy (non-hydrogen) atoms. The molecule has 2 heteroatoms. The number of fused-ring (bicyclic) bond motifs is 2. The van der Waals surface area contributed by atoms with E-state index in [2.05, 4.69) is 12.1 Å². The highest BCUT2D eigenvalue weighted by Gasteiger charge is 2.21. The first kappa shape index (κ1) is 8.98. The largest absolute Gasteiger partial charge is 0.758 e. The second-order valence-electron chi connectivity index (χ2n) is 4.36. The predicted octanol–water partition coefficient (Wildman–Crippen LogP) is 1.33. The van der Waals surface area contributed by atoms with Crippen molar-refractivity contribution in [3.63, 3.8) is 0 Å². The van der Waals surface area contributed by atoms with E-state index in [0.29, 0.717) is 0 Å². The Balaban J connectivity index is 2.29. The van der Waals surface area contributed by atoms with Crippen molar-refractivity contribution in [3.05, 3.63) is 39.9 Å². The molecule has 0 radical (unpaired) electrons. The maximum Gasteiger partial charge on any atom is 0.0395 e. The summed E-state index contributed by atoms with van der Waals surface area (Å²) in [7, 11) is 0. The molecule has 1 aliphatic heterocycles. The van der Waals surface area contributed by atoms with Gasteiger partial charge in [-0.05, 0) is 41.5 Å². The van der Waals surface area contributed by atoms with E-state index in [4.69, 9.17) is 0 Å². The van der Waals surface area contributed by atoms with E-state index in [-0.39, 0.29) is 6.04 Å². The van der Waals surface area contributed by atoms with Crippen molar-refractivity contribution in [2.45, 2.75) is 31.7 Å². The molecule has 1 atom stereocenters. The molecule has 78 valence electrons. The summed E-state index contributed by atoms with van der Waals surface area (Å²) in [5.41, 5.74) is 1.36. The lowest BCUT2D eigenvalue weighted by Gasteiger charge is -2.42. The van der Waals surface area contributed by atoms with E-state index in [0.717, 1.165) is 23.1 Å². The van der Waals surface area contributed by atoms with Gasteiger partial charge >= 0.3 is 0 Å². The Bertz CT molecular complexity index is 492. The fourth-order valence-corrected chi connectivity index (χ4v) is 2.72. The molecule has 0 bridgehead atoms. The lowest BCUT2D eigenvalue weighted by atomic mass is 9.86. The monoisotopic (exact) mass is 200 g/mol. The van der Waals surface area contributed by atoms with Crippen molar-refractivity contribution >= 4 is 11.8 Å². The van der Waals surface area contributed by atoms with Crippen molar-refractivity contribution in [2.75, 3.05) is 0 Å². The van der Waals surface area contributed by atoms with Crippen LogP contribution in [0, 0.1) is 5.21 Å². The fraction of sp³-hybridized carbons (Fsp3) is 0.385. The topological polar surface area (TPSA) is 26.3 Å². The number of hydroxylamine groups is 2. The van der Waals surface area contributed by atoms with Crippen molar-refractivity contribution in [1.82, 2.24) is 5.06 Å². The van der Waals surface area contributed by atoms with Crippen LogP contribution in [0.1, 0.15) is 25.7 Å². The van der Waals surface area contributed by atoms with E-state index >= 15 is 0 Å². The molecule has 2 nitrogen and oxygen atoms in total. The van der Waals surface area contributed by atoms with Crippen LogP contribution in [0.25, 0.3) is 11.8 Å². The van der Waals surface area contributed by atoms with Crippen LogP contribution in [0.2, 0.25) is 0 Å². The molecule has 0 N–H and O–H groups in total. The highest BCUT2D eigenvalue weighted by Crippen LogP contribution is 2.28. The maximum absolute atomic E-state index is 11.8. The minimum Gasteiger partial charge on any atom is -0.758 e. The number of benzene rings is 1. The van der Waals surface area contributed by atoms with Gasteiger partial charge < -0.3 is 10.3 Å². The first-order valence-electron chi connectivity index (χ1n) is 5.62. The van der Waals surface area contributed by atoms with E-state index in [9.17, 15) is 5.21 Å². The van der Waals surface area contributed by atoms with Gasteiger partial charge in [0, 0.05) is 6.04 Å². The first-order chi connectivity index (χ1) is 7.36. The van der Waals surface area contributed by atoms with Crippen LogP contribution < -0.4 is 10.4 Å². The summed E-state index contributed by atoms with van der Waals surface area (Å²) in [6, 6.07) is 8.34. The normalized spacial score (nSPS) is 24.2. The number of hydrogen-bond donors (Lipinski definition) is 0. The van der Waals surface area contributed by atoms with Gasteiger partial charge in [0.2, 0.25) is 0 Å². The van der Waals surface area contributed by atoms with Crippen molar-refractivity contribution in [1.29, 1.82) is 0 Å². The third-order valence-electron chi connectivity index (χ3n) is 3.46. The number of hydrogen-bond acceptors (Lipinski definition) is 2. The van der Waals surface area contributed by atoms with Gasteiger partial charge in [-0.3, -0.25) is 0 Å². The molecule has 1 aromatic rings. The van der Waals surface area contributed by atoms with Gasteiger partial charge in [-0.1, -0.05) is 30.7 Å². The van der Waals surface area contributed by atoms with Crippen molar-refractivity contribution in [3.8, 4) is 0 Å². The molecule has 1 saturated carbocycles. The summed E-state index contributed by atoms with van der Waals surface area (Å²) < 4.78 is 0. The third-order valence-corrected chi connectivity index (χ3v) is 3.46. The minimum absolute atomic E-state index is 0.119. The standard InChI is InChI=1S/C13H14NO/c15-14-9-10-5-1-2-6-11(10)12-7-3-4-8-13(12)14/h1-2,5-6,9,13H,3-4,7-8H2/q-1. The van der Waals surface area contributed by atoms with Crippen LogP contribution in [-0.2, 0) is 0 Å². The number of rotatable bonds is 0. The zero-order valence-corrected chi connectivity index (χ0v) is 8.65. The quantitative estimate of drug-likeness (QED) is 0.631. The minimum atomic E-state index is 0.119. The average molecular weight is 200 g/mol. The average Bonchev–Trinajstić information content (AvgIpc) is 2.30. The van der Waals surface area contributed by atoms with Crippen LogP contribution in [0.5, 0.6) is 0 Å². The first-order valence-corrected chi connectivity index (χ1v) is 5.62. The molecule has 1 aliphatic carbocycles. The summed E-state index contributed by atoms with van der Waals surface area (Å²) in [5, 5.41) is 15.4. The van der Waals surface area contributed by atoms with Crippen LogP contribution in [-0.4, -0.2) is 11.1 Å². The lowest BCUT2D eigenvalue weighted by molar-refractivity contribution is 0.395. The Morgan fingerprint density at radius 3 is 3.00 bits per heavy atom. The van der Waals surface area contributed by atoms with Crippen LogP contribution in [0.3, 0.4) is 0 Å². The van der Waals surface area contributed by atoms with Gasteiger partial charge in [-0.25, -0.2) is 0 Å². The Morgan fingerprint density at radius 1 is 1.20 bits per heavy atom. The van der Waals surface area contributed by atoms with Crippen molar-refractivity contribution < 1.29 is 0 Å². The van der Waals surface area contributed by atoms with E-state index in [1.807, 2.05) is 12.1 Å². The van der Waals surface area contributed by atoms with Gasteiger partial charge in [-0.2, -0.15) is 0 Å². The van der Waals surface area contributed by atoms with Gasteiger partial charge in [0.25, 0.3) is 0 Å². The molecular formula is C13H14NO-. The van der Waals surface area contributed by atoms with Gasteiger partial charge in [-0.15, -0.1) is 0 Å². The second-order valence-corrected chi connectivity index (χ2v) is 4.36. The maximum atomic E-state index is 11.8. The highest BCUT2D eigenvalue weighted by atomic mass is 16.5. The molecule has 2 aliphatic rings. The molecule has 0 amide bonds. The Kier molecular flexibility index (Phi) is 2.03. The van der Waals surface area contributed by atoms with Gasteiger partial charge in [0.15, 0.2) is 0 Å². The van der Waals surface area contributed by atoms with E-state index in [1.165, 1.54) is 23.6 Å². The Morgan fingerprint density at radius 2 is 2.07 bits per heavy atom.